The number of fused-ring (bicyclic) bond motifs is 1. The largest absolute Gasteiger partial charge is 0.481 e. The second-order valence-electron chi connectivity index (χ2n) is 12.5. The number of ether oxygens (including phenoxy) is 2. The van der Waals surface area contributed by atoms with Crippen LogP contribution in [0.25, 0.3) is 22.0 Å². The fourth-order valence-electron chi connectivity index (χ4n) is 5.53. The van der Waals surface area contributed by atoms with Gasteiger partial charge >= 0.3 is 12.3 Å². The number of methoxy groups -OCH3 is 1. The van der Waals surface area contributed by atoms with Crippen molar-refractivity contribution in [2.45, 2.75) is 81.0 Å². The zero-order chi connectivity index (χ0) is 34.9. The number of rotatable bonds is 8. The fraction of sp³-hybridized carbons (Fsp3) is 0.394. The van der Waals surface area contributed by atoms with Crippen LogP contribution in [0.3, 0.4) is 0 Å². The molecule has 0 atom stereocenters. The second-order valence-corrected chi connectivity index (χ2v) is 14.9. The molecule has 0 unspecified atom stereocenters. The molecular formula is C33H35ClF3N5O5S. The molecule has 1 amide bonds. The summed E-state index contributed by atoms with van der Waals surface area (Å²) < 4.78 is 80.0. The Hall–Kier alpha value is -4.17. The topological polar surface area (TPSA) is 132 Å². The van der Waals surface area contributed by atoms with E-state index >= 15 is 0 Å². The van der Waals surface area contributed by atoms with Crippen molar-refractivity contribution >= 4 is 44.4 Å². The molecule has 5 rings (SSSR count). The summed E-state index contributed by atoms with van der Waals surface area (Å²) in [6, 6.07) is 11.2. The maximum absolute atomic E-state index is 14.4. The van der Waals surface area contributed by atoms with E-state index in [9.17, 15) is 26.4 Å². The van der Waals surface area contributed by atoms with Crippen molar-refractivity contribution < 1.29 is 35.9 Å². The standard InChI is InChI=1S/C33H35ClF3N5O5S/c1-32(2,3)47-31(43)41-22-11-9-21(10-12-22)40-30-38-17-20-15-19(16-25(28(20)42-30)33(35,36)37)24-14-13-23(39-29(24)46-4)18-48(44,45)27-8-6-5-7-26(27)34/h5-8,13-17,21-22H,9-12,18H2,1-4H3,(H,41,43)(H,38,40,42). The summed E-state index contributed by atoms with van der Waals surface area (Å²) in [6.07, 6.45) is -1.31. The number of nitrogens with zero attached hydrogens (tertiary/aromatic N) is 3. The van der Waals surface area contributed by atoms with E-state index in [0.29, 0.717) is 25.7 Å². The molecule has 10 nitrogen and oxygen atoms in total. The van der Waals surface area contributed by atoms with Crippen LogP contribution in [-0.4, -0.2) is 54.3 Å². The smallest absolute Gasteiger partial charge is 0.418 e. The zero-order valence-corrected chi connectivity index (χ0v) is 28.3. The van der Waals surface area contributed by atoms with Gasteiger partial charge < -0.3 is 20.1 Å². The monoisotopic (exact) mass is 705 g/mol. The van der Waals surface area contributed by atoms with Gasteiger partial charge in [0, 0.05) is 29.2 Å². The van der Waals surface area contributed by atoms with Crippen LogP contribution in [0.5, 0.6) is 5.88 Å². The van der Waals surface area contributed by atoms with Crippen LogP contribution < -0.4 is 15.4 Å². The van der Waals surface area contributed by atoms with E-state index in [1.807, 2.05) is 0 Å². The number of aromatic nitrogens is 3. The average molecular weight is 706 g/mol. The minimum absolute atomic E-state index is 0.0506. The first-order chi connectivity index (χ1) is 22.5. The molecule has 1 saturated carbocycles. The first-order valence-corrected chi connectivity index (χ1v) is 17.2. The van der Waals surface area contributed by atoms with Crippen LogP contribution in [0.15, 0.2) is 59.6 Å². The lowest BCUT2D eigenvalue weighted by Gasteiger charge is -2.30. The molecule has 2 aromatic carbocycles. The predicted octanol–water partition coefficient (Wildman–Crippen LogP) is 7.59. The summed E-state index contributed by atoms with van der Waals surface area (Å²) in [6.45, 7) is 5.36. The van der Waals surface area contributed by atoms with Crippen LogP contribution in [0, 0.1) is 0 Å². The van der Waals surface area contributed by atoms with Crippen molar-refractivity contribution in [1.29, 1.82) is 0 Å². The fourth-order valence-corrected chi connectivity index (χ4v) is 7.37. The predicted molar refractivity (Wildman–Crippen MR) is 176 cm³/mol. The number of hydrogen-bond donors (Lipinski definition) is 2. The van der Waals surface area contributed by atoms with E-state index in [-0.39, 0.29) is 61.6 Å². The van der Waals surface area contributed by atoms with Crippen molar-refractivity contribution in [3.05, 3.63) is 71.0 Å². The number of anilines is 1. The Morgan fingerprint density at radius 1 is 1.00 bits per heavy atom. The lowest BCUT2D eigenvalue weighted by molar-refractivity contribution is -0.136. The molecule has 1 aliphatic carbocycles. The highest BCUT2D eigenvalue weighted by Gasteiger charge is 2.35. The molecule has 256 valence electrons. The van der Waals surface area contributed by atoms with Gasteiger partial charge in [-0.15, -0.1) is 0 Å². The summed E-state index contributed by atoms with van der Waals surface area (Å²) in [5.74, 6) is -0.484. The molecule has 15 heteroatoms. The number of carbonyl (C=O) groups is 1. The number of amides is 1. The third-order valence-electron chi connectivity index (χ3n) is 7.70. The Bertz CT molecular complexity index is 1930. The third kappa shape index (κ3) is 8.45. The summed E-state index contributed by atoms with van der Waals surface area (Å²) in [5.41, 5.74) is -1.37. The Labute approximate surface area is 281 Å². The van der Waals surface area contributed by atoms with Gasteiger partial charge in [-0.3, -0.25) is 0 Å². The van der Waals surface area contributed by atoms with E-state index in [4.69, 9.17) is 21.1 Å². The van der Waals surface area contributed by atoms with Gasteiger partial charge in [-0.1, -0.05) is 23.7 Å². The molecule has 0 aliphatic heterocycles. The minimum Gasteiger partial charge on any atom is -0.481 e. The lowest BCUT2D eigenvalue weighted by Crippen LogP contribution is -2.42. The van der Waals surface area contributed by atoms with Crippen LogP contribution >= 0.6 is 11.6 Å². The molecule has 0 radical (unpaired) electrons. The second kappa shape index (κ2) is 13.7. The number of benzene rings is 2. The van der Waals surface area contributed by atoms with Crippen molar-refractivity contribution in [1.82, 2.24) is 20.3 Å². The highest BCUT2D eigenvalue weighted by molar-refractivity contribution is 7.90. The summed E-state index contributed by atoms with van der Waals surface area (Å²) in [4.78, 5) is 24.9. The number of alkyl carbamates (subject to hydrolysis) is 1. The highest BCUT2D eigenvalue weighted by Crippen LogP contribution is 2.40. The minimum atomic E-state index is -4.76. The first-order valence-electron chi connectivity index (χ1n) is 15.2. The van der Waals surface area contributed by atoms with Gasteiger partial charge in [-0.05, 0) is 88.4 Å². The van der Waals surface area contributed by atoms with Crippen molar-refractivity contribution in [3.8, 4) is 17.0 Å². The number of hydrogen-bond acceptors (Lipinski definition) is 9. The van der Waals surface area contributed by atoms with E-state index in [1.165, 1.54) is 43.6 Å². The SMILES string of the molecule is COc1nc(CS(=O)(=O)c2ccccc2Cl)ccc1-c1cc(C(F)(F)F)c2nc(NC3CCC(NC(=O)OC(C)(C)C)CC3)ncc2c1. The van der Waals surface area contributed by atoms with Crippen LogP contribution in [0.1, 0.15) is 57.7 Å². The van der Waals surface area contributed by atoms with Crippen molar-refractivity contribution in [2.24, 2.45) is 0 Å². The van der Waals surface area contributed by atoms with Gasteiger partial charge in [0.25, 0.3) is 0 Å². The summed E-state index contributed by atoms with van der Waals surface area (Å²) in [7, 11) is -2.58. The average Bonchev–Trinajstić information content (AvgIpc) is 3.00. The molecule has 4 aromatic rings. The number of sulfone groups is 1. The normalized spacial score (nSPS) is 17.2. The maximum atomic E-state index is 14.4. The van der Waals surface area contributed by atoms with Gasteiger partial charge in [0.1, 0.15) is 5.60 Å². The molecule has 0 saturated heterocycles. The molecular weight excluding hydrogens is 671 g/mol. The van der Waals surface area contributed by atoms with Gasteiger partial charge in [0.15, 0.2) is 9.84 Å². The molecule has 0 bridgehead atoms. The summed E-state index contributed by atoms with van der Waals surface area (Å²) >= 11 is 6.09. The Morgan fingerprint density at radius 3 is 2.33 bits per heavy atom. The quantitative estimate of drug-likeness (QED) is 0.190. The van der Waals surface area contributed by atoms with E-state index in [2.05, 4.69) is 25.6 Å². The molecule has 48 heavy (non-hydrogen) atoms. The zero-order valence-electron chi connectivity index (χ0n) is 26.7. The number of nitrogens with one attached hydrogen (secondary N) is 2. The third-order valence-corrected chi connectivity index (χ3v) is 9.85. The van der Waals surface area contributed by atoms with E-state index < -0.39 is 39.0 Å². The van der Waals surface area contributed by atoms with Gasteiger partial charge in [-0.2, -0.15) is 13.2 Å². The van der Waals surface area contributed by atoms with Crippen molar-refractivity contribution in [2.75, 3.05) is 12.4 Å². The summed E-state index contributed by atoms with van der Waals surface area (Å²) in [5, 5.41) is 6.22. The number of pyridine rings is 1. The first kappa shape index (κ1) is 35.1. The number of halogens is 4. The van der Waals surface area contributed by atoms with Gasteiger partial charge in [-0.25, -0.2) is 28.2 Å². The Balaban J connectivity index is 1.36. The van der Waals surface area contributed by atoms with Crippen molar-refractivity contribution in [3.63, 3.8) is 0 Å². The van der Waals surface area contributed by atoms with Crippen LogP contribution in [-0.2, 0) is 26.5 Å². The number of alkyl halides is 3. The van der Waals surface area contributed by atoms with Gasteiger partial charge in [0.2, 0.25) is 11.8 Å². The molecule has 2 heterocycles. The van der Waals surface area contributed by atoms with Crippen LogP contribution in [0.2, 0.25) is 5.02 Å². The maximum Gasteiger partial charge on any atom is 0.418 e. The Kier molecular flexibility index (Phi) is 10.1. The lowest BCUT2D eigenvalue weighted by atomic mass is 9.91. The highest BCUT2D eigenvalue weighted by atomic mass is 35.5. The Morgan fingerprint density at radius 2 is 1.69 bits per heavy atom. The molecule has 2 N–H and O–H groups in total. The van der Waals surface area contributed by atoms with E-state index in [0.717, 1.165) is 6.07 Å². The molecule has 0 spiro atoms. The molecule has 1 aliphatic rings. The van der Waals surface area contributed by atoms with Crippen LogP contribution in [0.4, 0.5) is 23.9 Å². The number of carbonyl (C=O) groups excluding carboxylic acids is 1. The molecule has 1 fully saturated rings. The molecule has 2 aromatic heterocycles. The van der Waals surface area contributed by atoms with Gasteiger partial charge in [0.05, 0.1) is 39.6 Å². The van der Waals surface area contributed by atoms with E-state index in [1.54, 1.807) is 32.9 Å².